The van der Waals surface area contributed by atoms with Crippen LogP contribution < -0.4 is 9.97 Å². The molecule has 0 unspecified atom stereocenters. The number of hydrogen-bond acceptors (Lipinski definition) is 2. The van der Waals surface area contributed by atoms with Gasteiger partial charge in [-0.3, -0.25) is 0 Å². The third kappa shape index (κ3) is 6.00. The molecule has 5 heteroatoms. The number of hydrogen-bond donors (Lipinski definition) is 0. The zero-order chi connectivity index (χ0) is 43.8. The van der Waals surface area contributed by atoms with Gasteiger partial charge in [-0.25, -0.2) is 9.97 Å². The minimum absolute atomic E-state index is 0. The third-order valence-electron chi connectivity index (χ3n) is 14.1. The zero-order valence-electron chi connectivity index (χ0n) is 37.8. The molecule has 2 aliphatic rings. The fourth-order valence-electron chi connectivity index (χ4n) is 11.1. The van der Waals surface area contributed by atoms with Gasteiger partial charge in [-0.05, 0) is 154 Å². The standard InChI is InChI=1S/C61H46N4.Pd/c1-32(2)53-56-45-25-37-17-9-7-15-35(37)23-43(45)51(62-56)31-52-44-24-36-16-8-10-18-38(36)26-46(44)57(63-52)54(33(3)4)59-48-28-40-20-12-14-22-42(40)30-50(48)61(65-59)55(34(5)6)60-49-29-41-21-13-11-19-39(41)27-47(49)58(53)64-60;/h7-34H,1-6H3;/q-2;+2. The summed E-state index contributed by atoms with van der Waals surface area (Å²) in [6, 6.07) is 55.8. The van der Waals surface area contributed by atoms with Gasteiger partial charge >= 0.3 is 20.4 Å². The van der Waals surface area contributed by atoms with Crippen LogP contribution in [0.2, 0.25) is 0 Å². The topological polar surface area (TPSA) is 54.0 Å². The molecule has 0 N–H and O–H groups in total. The molecule has 8 bridgehead atoms. The van der Waals surface area contributed by atoms with E-state index in [2.05, 4.69) is 193 Å². The van der Waals surface area contributed by atoms with Crippen molar-refractivity contribution in [2.24, 2.45) is 0 Å². The summed E-state index contributed by atoms with van der Waals surface area (Å²) in [5.41, 5.74) is 15.7. The van der Waals surface area contributed by atoms with Gasteiger partial charge in [-0.2, -0.15) is 0 Å². The Morgan fingerprint density at radius 2 is 0.636 bits per heavy atom. The van der Waals surface area contributed by atoms with Crippen LogP contribution >= 0.6 is 0 Å². The van der Waals surface area contributed by atoms with Gasteiger partial charge in [0.05, 0.1) is 22.8 Å². The summed E-state index contributed by atoms with van der Waals surface area (Å²) in [5, 5.41) is 14.1. The summed E-state index contributed by atoms with van der Waals surface area (Å²) in [4.78, 5) is 23.3. The second-order valence-electron chi connectivity index (χ2n) is 19.1. The molecule has 0 saturated heterocycles. The number of nitrogens with zero attached hydrogens (tertiary/aromatic N) is 4. The van der Waals surface area contributed by atoms with Crippen LogP contribution in [0.25, 0.3) is 132 Å². The zero-order valence-corrected chi connectivity index (χ0v) is 39.3. The number of aromatic nitrogens is 4. The van der Waals surface area contributed by atoms with Crippen molar-refractivity contribution in [3.63, 3.8) is 0 Å². The van der Waals surface area contributed by atoms with Crippen molar-refractivity contribution in [1.82, 2.24) is 19.9 Å². The minimum atomic E-state index is 0. The minimum Gasteiger partial charge on any atom is -0.656 e. The van der Waals surface area contributed by atoms with Crippen LogP contribution in [0.5, 0.6) is 0 Å². The SMILES string of the molecule is CC(C)c1c2nc(c(C(C)C)c3[n-]c(c(C(C)C)c4nc(cc5[n-]c1c1cc6ccccc6cc51)-c1cc5ccccc5cc1-4)c1cc4ccccc4cc31)-c1cc3ccccc3cc1-2.[Pd+2]. The van der Waals surface area contributed by atoms with Crippen LogP contribution in [0.4, 0.5) is 0 Å². The average Bonchev–Trinajstić information content (AvgIpc) is 4.04. The van der Waals surface area contributed by atoms with Crippen molar-refractivity contribution in [2.75, 3.05) is 0 Å². The predicted molar refractivity (Wildman–Crippen MR) is 275 cm³/mol. The Hall–Kier alpha value is -6.90. The van der Waals surface area contributed by atoms with Gasteiger partial charge in [-0.15, -0.1) is 22.1 Å². The molecule has 0 amide bonds. The quantitative estimate of drug-likeness (QED) is 0.166. The van der Waals surface area contributed by atoms with Crippen molar-refractivity contribution in [3.05, 3.63) is 168 Å². The molecule has 0 spiro atoms. The molecule has 0 fully saturated rings. The summed E-state index contributed by atoms with van der Waals surface area (Å²) >= 11 is 0. The molecule has 5 heterocycles. The van der Waals surface area contributed by atoms with E-state index in [0.29, 0.717) is 0 Å². The van der Waals surface area contributed by atoms with Crippen molar-refractivity contribution >= 4 is 86.7 Å². The molecule has 66 heavy (non-hydrogen) atoms. The molecule has 320 valence electrons. The fraction of sp³-hybridized carbons (Fsp3) is 0.148. The van der Waals surface area contributed by atoms with Crippen LogP contribution in [0.1, 0.15) is 76.0 Å². The van der Waals surface area contributed by atoms with Crippen LogP contribution in [-0.4, -0.2) is 9.97 Å². The van der Waals surface area contributed by atoms with Gasteiger partial charge in [0.25, 0.3) is 0 Å². The smallest absolute Gasteiger partial charge is 0.656 e. The van der Waals surface area contributed by atoms with Crippen molar-refractivity contribution in [3.8, 4) is 45.0 Å². The summed E-state index contributed by atoms with van der Waals surface area (Å²) in [7, 11) is 0. The third-order valence-corrected chi connectivity index (χ3v) is 14.1. The van der Waals surface area contributed by atoms with E-state index in [1.165, 1.54) is 43.1 Å². The van der Waals surface area contributed by atoms with E-state index in [9.17, 15) is 0 Å². The predicted octanol–water partition coefficient (Wildman–Crippen LogP) is 16.5. The molecule has 0 saturated carbocycles. The van der Waals surface area contributed by atoms with Gasteiger partial charge < -0.3 is 9.97 Å². The molecule has 11 aromatic rings. The van der Waals surface area contributed by atoms with Gasteiger partial charge in [0.2, 0.25) is 0 Å². The molecule has 3 aromatic heterocycles. The molecule has 0 atom stereocenters. The summed E-state index contributed by atoms with van der Waals surface area (Å²) in [5.74, 6) is 0.289. The van der Waals surface area contributed by atoms with E-state index in [-0.39, 0.29) is 38.2 Å². The molecule has 4 nitrogen and oxygen atoms in total. The van der Waals surface area contributed by atoms with Crippen LogP contribution in [-0.2, 0) is 20.4 Å². The van der Waals surface area contributed by atoms with Crippen molar-refractivity contribution in [1.29, 1.82) is 0 Å². The Labute approximate surface area is 397 Å². The second kappa shape index (κ2) is 15.1. The van der Waals surface area contributed by atoms with Crippen molar-refractivity contribution < 1.29 is 20.4 Å². The van der Waals surface area contributed by atoms with Crippen LogP contribution in [0.3, 0.4) is 0 Å². The maximum absolute atomic E-state index is 5.91. The Balaban J connectivity index is 0.00000456. The van der Waals surface area contributed by atoms with E-state index in [0.717, 1.165) is 105 Å². The summed E-state index contributed by atoms with van der Waals surface area (Å²) < 4.78 is 0. The molecule has 0 radical (unpaired) electrons. The monoisotopic (exact) mass is 940 g/mol. The normalized spacial score (nSPS) is 12.4. The van der Waals surface area contributed by atoms with E-state index < -0.39 is 0 Å². The van der Waals surface area contributed by atoms with Gasteiger partial charge in [0.1, 0.15) is 0 Å². The molecule has 13 rings (SSSR count). The van der Waals surface area contributed by atoms with E-state index in [1.54, 1.807) is 0 Å². The van der Waals surface area contributed by atoms with Gasteiger partial charge in [0, 0.05) is 22.3 Å². The molecule has 2 aliphatic heterocycles. The Kier molecular flexibility index (Phi) is 9.27. The Morgan fingerprint density at radius 1 is 0.333 bits per heavy atom. The van der Waals surface area contributed by atoms with Gasteiger partial charge in [0.15, 0.2) is 0 Å². The van der Waals surface area contributed by atoms with Crippen LogP contribution in [0.15, 0.2) is 152 Å². The van der Waals surface area contributed by atoms with Gasteiger partial charge in [-0.1, -0.05) is 139 Å². The first-order chi connectivity index (χ1) is 31.7. The number of fused-ring (bicyclic) bond motifs is 24. The summed E-state index contributed by atoms with van der Waals surface area (Å²) in [6.07, 6.45) is 0. The summed E-state index contributed by atoms with van der Waals surface area (Å²) in [6.45, 7) is 13.8. The maximum Gasteiger partial charge on any atom is 2.00 e. The first-order valence-electron chi connectivity index (χ1n) is 23.1. The average molecular weight is 941 g/mol. The first kappa shape index (κ1) is 40.6. The van der Waals surface area contributed by atoms with Crippen LogP contribution in [0, 0.1) is 0 Å². The molecule has 8 aromatic carbocycles. The number of benzene rings is 8. The fourth-order valence-corrected chi connectivity index (χ4v) is 11.1. The maximum atomic E-state index is 5.91. The first-order valence-corrected chi connectivity index (χ1v) is 23.1. The molecule has 0 aliphatic carbocycles. The van der Waals surface area contributed by atoms with E-state index in [4.69, 9.17) is 19.9 Å². The Bertz CT molecular complexity index is 4050. The molecular weight excluding hydrogens is 895 g/mol. The molecular formula is C61H46N4Pd. The van der Waals surface area contributed by atoms with Crippen molar-refractivity contribution in [2.45, 2.75) is 59.3 Å². The van der Waals surface area contributed by atoms with E-state index >= 15 is 0 Å². The largest absolute Gasteiger partial charge is 2.00 e. The Morgan fingerprint density at radius 3 is 1.03 bits per heavy atom. The number of rotatable bonds is 3. The van der Waals surface area contributed by atoms with E-state index in [1.807, 2.05) is 0 Å². The second-order valence-corrected chi connectivity index (χ2v) is 19.1.